The topological polar surface area (TPSA) is 63.6 Å². The second kappa shape index (κ2) is 10.9. The van der Waals surface area contributed by atoms with Crippen molar-refractivity contribution in [1.29, 1.82) is 0 Å². The molecule has 9 heteroatoms. The van der Waals surface area contributed by atoms with Crippen molar-refractivity contribution < 1.29 is 41.4 Å². The van der Waals surface area contributed by atoms with Crippen LogP contribution < -0.4 is 0 Å². The molecule has 0 bridgehead atoms. The minimum Gasteiger partial charge on any atom is -0.465 e. The Hall–Kier alpha value is -3.77. The van der Waals surface area contributed by atoms with Crippen LogP contribution in [0.15, 0.2) is 71.3 Å². The molecule has 0 unspecified atom stereocenters. The van der Waals surface area contributed by atoms with Gasteiger partial charge in [-0.2, -0.15) is 22.0 Å². The van der Waals surface area contributed by atoms with Crippen molar-refractivity contribution in [2.75, 3.05) is 7.11 Å². The highest BCUT2D eigenvalue weighted by molar-refractivity contribution is 5.93. The molecule has 0 aliphatic heterocycles. The predicted octanol–water partition coefficient (Wildman–Crippen LogP) is 7.70. The number of hydrogen-bond donors (Lipinski definition) is 1. The third-order valence-electron chi connectivity index (χ3n) is 10.7. The maximum absolute atomic E-state index is 15.2. The van der Waals surface area contributed by atoms with E-state index in [2.05, 4.69) is 11.8 Å². The summed E-state index contributed by atoms with van der Waals surface area (Å²) < 4.78 is 76.5. The van der Waals surface area contributed by atoms with Crippen LogP contribution in [0.25, 0.3) is 0 Å². The molecular weight excluding hydrogens is 591 g/mol. The van der Waals surface area contributed by atoms with Gasteiger partial charge in [0.15, 0.2) is 5.78 Å². The minimum absolute atomic E-state index is 0.0325. The Kier molecular flexibility index (Phi) is 7.59. The third kappa shape index (κ3) is 4.93. The van der Waals surface area contributed by atoms with Crippen molar-refractivity contribution in [3.63, 3.8) is 0 Å². The Morgan fingerprint density at radius 3 is 2.38 bits per heavy atom. The van der Waals surface area contributed by atoms with Gasteiger partial charge in [0.2, 0.25) is 0 Å². The van der Waals surface area contributed by atoms with E-state index in [1.807, 2.05) is 12.1 Å². The molecule has 5 atom stereocenters. The number of aliphatic hydroxyl groups is 1. The van der Waals surface area contributed by atoms with Gasteiger partial charge in [0.05, 0.1) is 12.7 Å². The summed E-state index contributed by atoms with van der Waals surface area (Å²) in [5, 5.41) is 11.4. The number of benzene rings is 2. The van der Waals surface area contributed by atoms with Crippen LogP contribution in [0, 0.1) is 29.1 Å². The van der Waals surface area contributed by atoms with Gasteiger partial charge in [-0.3, -0.25) is 4.79 Å². The van der Waals surface area contributed by atoms with Gasteiger partial charge in [0.1, 0.15) is 5.60 Å². The second-order valence-corrected chi connectivity index (χ2v) is 12.9. The molecule has 0 amide bonds. The van der Waals surface area contributed by atoms with Crippen molar-refractivity contribution >= 4 is 11.8 Å². The van der Waals surface area contributed by atoms with E-state index in [-0.39, 0.29) is 24.5 Å². The average Bonchev–Trinajstić information content (AvgIpc) is 3.30. The Labute approximate surface area is 258 Å². The molecule has 2 aromatic rings. The van der Waals surface area contributed by atoms with Crippen molar-refractivity contribution in [3.8, 4) is 11.8 Å². The maximum atomic E-state index is 15.2. The summed E-state index contributed by atoms with van der Waals surface area (Å²) >= 11 is 0. The van der Waals surface area contributed by atoms with Crippen LogP contribution in [0.4, 0.5) is 22.0 Å². The first-order chi connectivity index (χ1) is 21.2. The summed E-state index contributed by atoms with van der Waals surface area (Å²) in [6, 6.07) is 13.9. The van der Waals surface area contributed by atoms with Crippen LogP contribution in [0.1, 0.15) is 84.8 Å². The number of fused-ring (bicyclic) bond motifs is 4. The fourth-order valence-corrected chi connectivity index (χ4v) is 8.50. The van der Waals surface area contributed by atoms with Crippen molar-refractivity contribution in [2.24, 2.45) is 17.3 Å². The molecule has 236 valence electrons. The van der Waals surface area contributed by atoms with Gasteiger partial charge in [-0.25, -0.2) is 4.79 Å². The van der Waals surface area contributed by atoms with E-state index >= 15 is 8.78 Å². The molecule has 4 aliphatic carbocycles. The highest BCUT2D eigenvalue weighted by Crippen LogP contribution is 2.70. The first-order valence-corrected chi connectivity index (χ1v) is 15.1. The Balaban J connectivity index is 1.41. The summed E-state index contributed by atoms with van der Waals surface area (Å²) in [4.78, 5) is 24.1. The lowest BCUT2D eigenvalue weighted by Crippen LogP contribution is -2.65. The number of esters is 1. The molecule has 1 N–H and O–H groups in total. The zero-order valence-electron chi connectivity index (χ0n) is 24.9. The minimum atomic E-state index is -5.89. The summed E-state index contributed by atoms with van der Waals surface area (Å²) in [5.41, 5.74) is 0.347. The first kappa shape index (κ1) is 31.2. The Morgan fingerprint density at radius 2 is 1.69 bits per heavy atom. The molecule has 4 nitrogen and oxygen atoms in total. The smallest absolute Gasteiger partial charge is 0.456 e. The van der Waals surface area contributed by atoms with E-state index in [1.54, 1.807) is 42.5 Å². The molecule has 2 aromatic carbocycles. The van der Waals surface area contributed by atoms with E-state index in [1.165, 1.54) is 14.0 Å². The van der Waals surface area contributed by atoms with Crippen LogP contribution in [0.2, 0.25) is 0 Å². The maximum Gasteiger partial charge on any atom is 0.456 e. The molecule has 0 radical (unpaired) electrons. The van der Waals surface area contributed by atoms with Gasteiger partial charge >= 0.3 is 18.1 Å². The van der Waals surface area contributed by atoms with Gasteiger partial charge in [0, 0.05) is 28.9 Å². The van der Waals surface area contributed by atoms with E-state index < -0.39 is 47.3 Å². The van der Waals surface area contributed by atoms with E-state index in [4.69, 9.17) is 4.74 Å². The van der Waals surface area contributed by atoms with Crippen molar-refractivity contribution in [1.82, 2.24) is 0 Å². The normalized spacial score (nSPS) is 29.6. The largest absolute Gasteiger partial charge is 0.465 e. The number of methoxy groups -OCH3 is 1. The SMILES string of the molecule is COC(=O)c1cccc(C#Cc2ccc([C@H]3C[C@@]4(C)[C@@H](CC[C@@]4(O)C(F)(F)C(F)(F)F)[C@@H]4CCC5=CC(=O)CCC5=C43)cc2)c1. The van der Waals surface area contributed by atoms with E-state index in [0.29, 0.717) is 42.4 Å². The lowest BCUT2D eigenvalue weighted by Gasteiger charge is -2.56. The van der Waals surface area contributed by atoms with Crippen LogP contribution in [-0.4, -0.2) is 41.7 Å². The third-order valence-corrected chi connectivity index (χ3v) is 10.7. The molecule has 0 aromatic heterocycles. The van der Waals surface area contributed by atoms with E-state index in [0.717, 1.165) is 22.3 Å². The lowest BCUT2D eigenvalue weighted by atomic mass is 9.50. The van der Waals surface area contributed by atoms with Crippen LogP contribution in [-0.2, 0) is 9.53 Å². The summed E-state index contributed by atoms with van der Waals surface area (Å²) in [7, 11) is 1.29. The fraction of sp³-hybridized carbons (Fsp3) is 0.444. The monoisotopic (exact) mass is 624 g/mol. The van der Waals surface area contributed by atoms with Gasteiger partial charge < -0.3 is 9.84 Å². The molecule has 4 aliphatic rings. The van der Waals surface area contributed by atoms with Gasteiger partial charge in [-0.05, 0) is 103 Å². The van der Waals surface area contributed by atoms with Gasteiger partial charge in [-0.1, -0.05) is 42.5 Å². The molecule has 0 heterocycles. The Bertz CT molecular complexity index is 1680. The molecule has 6 rings (SSSR count). The second-order valence-electron chi connectivity index (χ2n) is 12.9. The van der Waals surface area contributed by atoms with Gasteiger partial charge in [0.25, 0.3) is 0 Å². The van der Waals surface area contributed by atoms with Crippen LogP contribution in [0.5, 0.6) is 0 Å². The van der Waals surface area contributed by atoms with Crippen molar-refractivity contribution in [3.05, 3.63) is 93.6 Å². The predicted molar refractivity (Wildman–Crippen MR) is 156 cm³/mol. The molecule has 45 heavy (non-hydrogen) atoms. The van der Waals surface area contributed by atoms with Gasteiger partial charge in [-0.15, -0.1) is 0 Å². The number of rotatable bonds is 3. The molecular formula is C36H33F5O4. The number of hydrogen-bond acceptors (Lipinski definition) is 4. The molecule has 0 spiro atoms. The first-order valence-electron chi connectivity index (χ1n) is 15.1. The molecule has 2 fully saturated rings. The van der Waals surface area contributed by atoms with Crippen LogP contribution in [0.3, 0.4) is 0 Å². The fourth-order valence-electron chi connectivity index (χ4n) is 8.50. The molecule has 0 saturated heterocycles. The summed E-state index contributed by atoms with van der Waals surface area (Å²) in [6.45, 7) is 1.41. The zero-order valence-corrected chi connectivity index (χ0v) is 24.9. The number of alkyl halides is 5. The van der Waals surface area contributed by atoms with E-state index in [9.17, 15) is 27.9 Å². The lowest BCUT2D eigenvalue weighted by molar-refractivity contribution is -0.362. The standard InChI is InChI=1S/C36H33F5O4/c1-33-20-29(23-10-8-21(9-11-23)6-7-22-4-3-5-25(18-22)32(43)45-2)31-27-15-13-26(42)19-24(27)12-14-28(31)30(33)16-17-34(33,44)35(37,38)36(39,40)41/h3-5,8-11,18-19,28-30,44H,12-17,20H2,1-2H3/t28-,29+,30-,33-,34-/m0/s1. The summed E-state index contributed by atoms with van der Waals surface area (Å²) in [6.07, 6.45) is -2.98. The number of halogens is 5. The number of allylic oxidation sites excluding steroid dienone is 4. The average molecular weight is 625 g/mol. The summed E-state index contributed by atoms with van der Waals surface area (Å²) in [5.74, 6) is -1.02. The zero-order chi connectivity index (χ0) is 32.4. The number of ketones is 1. The number of ether oxygens (including phenoxy) is 1. The highest BCUT2D eigenvalue weighted by Gasteiger charge is 2.79. The number of carbonyl (C=O) groups excluding carboxylic acids is 2. The number of carbonyl (C=O) groups is 2. The van der Waals surface area contributed by atoms with Crippen LogP contribution >= 0.6 is 0 Å². The highest BCUT2D eigenvalue weighted by atomic mass is 19.4. The Morgan fingerprint density at radius 1 is 0.978 bits per heavy atom. The quantitative estimate of drug-likeness (QED) is 0.216. The van der Waals surface area contributed by atoms with Crippen molar-refractivity contribution in [2.45, 2.75) is 75.5 Å². The molecule has 2 saturated carbocycles.